The molecule has 5 rings (SSSR count). The highest BCUT2D eigenvalue weighted by molar-refractivity contribution is 7.89. The fourth-order valence-corrected chi connectivity index (χ4v) is 6.11. The third-order valence-corrected chi connectivity index (χ3v) is 8.16. The number of nitrogens with one attached hydrogen (secondary N) is 1. The van der Waals surface area contributed by atoms with Gasteiger partial charge in [0.2, 0.25) is 21.8 Å². The summed E-state index contributed by atoms with van der Waals surface area (Å²) in [5.41, 5.74) is 2.80. The van der Waals surface area contributed by atoms with E-state index in [4.69, 9.17) is 4.42 Å². The summed E-state index contributed by atoms with van der Waals surface area (Å²) in [4.78, 5) is 28.3. The van der Waals surface area contributed by atoms with E-state index >= 15 is 0 Å². The fourth-order valence-electron chi connectivity index (χ4n) is 4.89. The van der Waals surface area contributed by atoms with Crippen LogP contribution in [0.5, 0.6) is 0 Å². The Kier molecular flexibility index (Phi) is 5.84. The Balaban J connectivity index is 1.17. The molecule has 0 spiro atoms. The van der Waals surface area contributed by atoms with Crippen molar-refractivity contribution in [2.45, 2.75) is 37.0 Å². The summed E-state index contributed by atoms with van der Waals surface area (Å²) < 4.78 is 34.0. The molecule has 0 atom stereocenters. The van der Waals surface area contributed by atoms with Crippen LogP contribution >= 0.6 is 0 Å². The fraction of sp³-hybridized carbons (Fsp3) is 0.417. The van der Waals surface area contributed by atoms with Crippen molar-refractivity contribution in [3.63, 3.8) is 0 Å². The zero-order valence-electron chi connectivity index (χ0n) is 18.3. The second kappa shape index (κ2) is 8.79. The van der Waals surface area contributed by atoms with Gasteiger partial charge in [0.05, 0.1) is 16.8 Å². The van der Waals surface area contributed by atoms with Crippen LogP contribution in [0.15, 0.2) is 45.9 Å². The number of nitrogens with zero attached hydrogens (tertiary/aromatic N) is 2. The Labute approximate surface area is 193 Å². The largest absolute Gasteiger partial charge is 0.465 e. The lowest BCUT2D eigenvalue weighted by Gasteiger charge is -2.31. The second-order valence-electron chi connectivity index (χ2n) is 8.85. The lowest BCUT2D eigenvalue weighted by atomic mass is 9.97. The summed E-state index contributed by atoms with van der Waals surface area (Å²) in [6.07, 6.45) is 7.92. The first-order valence-electron chi connectivity index (χ1n) is 11.4. The Morgan fingerprint density at radius 3 is 2.61 bits per heavy atom. The van der Waals surface area contributed by atoms with Gasteiger partial charge in [-0.25, -0.2) is 13.1 Å². The molecule has 1 fully saturated rings. The van der Waals surface area contributed by atoms with E-state index in [0.29, 0.717) is 51.2 Å². The lowest BCUT2D eigenvalue weighted by Crippen LogP contribution is -2.41. The molecule has 9 heteroatoms. The van der Waals surface area contributed by atoms with Crippen molar-refractivity contribution in [2.24, 2.45) is 5.92 Å². The molecule has 1 N–H and O–H groups in total. The maximum Gasteiger partial charge on any atom is 0.246 e. The van der Waals surface area contributed by atoms with Crippen LogP contribution in [0.2, 0.25) is 0 Å². The van der Waals surface area contributed by atoms with Crippen LogP contribution in [-0.4, -0.2) is 51.3 Å². The number of hydrogen-bond donors (Lipinski definition) is 1. The third kappa shape index (κ3) is 4.47. The molecule has 3 aliphatic rings. The maximum atomic E-state index is 13.0. The highest BCUT2D eigenvalue weighted by Gasteiger charge is 2.33. The Morgan fingerprint density at radius 2 is 1.88 bits per heavy atom. The maximum absolute atomic E-state index is 13.0. The molecule has 1 saturated heterocycles. The van der Waals surface area contributed by atoms with Gasteiger partial charge in [0.15, 0.2) is 0 Å². The normalized spacial score (nSPS) is 18.8. The van der Waals surface area contributed by atoms with E-state index in [1.54, 1.807) is 46.4 Å². The summed E-state index contributed by atoms with van der Waals surface area (Å²) in [5.74, 6) is 0.868. The Morgan fingerprint density at radius 1 is 1.12 bits per heavy atom. The topological polar surface area (TPSA) is 99.9 Å². The number of furan rings is 1. The summed E-state index contributed by atoms with van der Waals surface area (Å²) >= 11 is 0. The number of anilines is 1. The van der Waals surface area contributed by atoms with Crippen LogP contribution in [0.1, 0.15) is 36.1 Å². The number of rotatable bonds is 6. The lowest BCUT2D eigenvalue weighted by molar-refractivity contribution is -0.127. The average Bonchev–Trinajstić information content (AvgIpc) is 3.50. The smallest absolute Gasteiger partial charge is 0.246 e. The molecule has 0 aliphatic carbocycles. The highest BCUT2D eigenvalue weighted by atomic mass is 32.2. The van der Waals surface area contributed by atoms with Crippen molar-refractivity contribution in [3.8, 4) is 0 Å². The number of aryl methyl sites for hydroxylation is 1. The summed E-state index contributed by atoms with van der Waals surface area (Å²) in [5, 5.41) is 0. The van der Waals surface area contributed by atoms with E-state index in [-0.39, 0.29) is 22.6 Å². The minimum absolute atomic E-state index is 0.0648. The SMILES string of the molecule is O=C(C=Cc1ccco1)N1CCC(CNS(=O)(=O)c2cc3c4c(c2)CCN4C(=O)CC3)CC1. The molecule has 3 aliphatic heterocycles. The van der Waals surface area contributed by atoms with E-state index in [0.717, 1.165) is 29.7 Å². The number of benzene rings is 1. The highest BCUT2D eigenvalue weighted by Crippen LogP contribution is 2.38. The van der Waals surface area contributed by atoms with E-state index < -0.39 is 10.0 Å². The van der Waals surface area contributed by atoms with Gasteiger partial charge in [-0.15, -0.1) is 0 Å². The van der Waals surface area contributed by atoms with E-state index in [9.17, 15) is 18.0 Å². The molecule has 33 heavy (non-hydrogen) atoms. The quantitative estimate of drug-likeness (QED) is 0.655. The molecule has 0 unspecified atom stereocenters. The van der Waals surface area contributed by atoms with Crippen LogP contribution in [0, 0.1) is 5.92 Å². The molecule has 0 radical (unpaired) electrons. The number of amides is 2. The van der Waals surface area contributed by atoms with E-state index in [1.807, 2.05) is 0 Å². The van der Waals surface area contributed by atoms with E-state index in [2.05, 4.69) is 4.72 Å². The minimum atomic E-state index is -3.64. The predicted octanol–water partition coefficient (Wildman–Crippen LogP) is 2.35. The standard InChI is InChI=1S/C24H27N3O5S/c28-22(6-4-20-2-1-13-32-20)26-10-7-17(8-11-26)16-25-33(30,31)21-14-18-3-5-23(29)27-12-9-19(15-21)24(18)27/h1-2,4,6,13-15,17,25H,3,5,7-12,16H2. The number of hydrogen-bond acceptors (Lipinski definition) is 5. The molecule has 4 heterocycles. The van der Waals surface area contributed by atoms with Gasteiger partial charge < -0.3 is 14.2 Å². The zero-order valence-corrected chi connectivity index (χ0v) is 19.1. The van der Waals surface area contributed by atoms with Gasteiger partial charge in [0, 0.05) is 38.7 Å². The van der Waals surface area contributed by atoms with Gasteiger partial charge in [-0.2, -0.15) is 0 Å². The first-order valence-corrected chi connectivity index (χ1v) is 12.9. The van der Waals surface area contributed by atoms with Crippen LogP contribution in [0.3, 0.4) is 0 Å². The Hall–Kier alpha value is -2.91. The average molecular weight is 470 g/mol. The monoisotopic (exact) mass is 469 g/mol. The predicted molar refractivity (Wildman–Crippen MR) is 123 cm³/mol. The van der Waals surface area contributed by atoms with Crippen molar-refractivity contribution >= 4 is 33.6 Å². The molecule has 1 aromatic carbocycles. The van der Waals surface area contributed by atoms with Gasteiger partial charge >= 0.3 is 0 Å². The number of carbonyl (C=O) groups excluding carboxylic acids is 2. The molecule has 8 nitrogen and oxygen atoms in total. The van der Waals surface area contributed by atoms with Crippen LogP contribution in [0.25, 0.3) is 6.08 Å². The first-order chi connectivity index (χ1) is 15.9. The van der Waals surface area contributed by atoms with Crippen molar-refractivity contribution in [3.05, 3.63) is 53.5 Å². The molecule has 1 aromatic heterocycles. The third-order valence-electron chi connectivity index (χ3n) is 6.76. The van der Waals surface area contributed by atoms with E-state index in [1.165, 1.54) is 6.08 Å². The van der Waals surface area contributed by atoms with Gasteiger partial charge in [-0.3, -0.25) is 9.59 Å². The van der Waals surface area contributed by atoms with Crippen LogP contribution < -0.4 is 9.62 Å². The Bertz CT molecular complexity index is 1190. The van der Waals surface area contributed by atoms with Crippen LogP contribution in [0.4, 0.5) is 5.69 Å². The van der Waals surface area contributed by atoms with Crippen molar-refractivity contribution in [1.29, 1.82) is 0 Å². The molecule has 174 valence electrons. The molecular formula is C24H27N3O5S. The molecule has 2 amide bonds. The molecule has 2 aromatic rings. The molecule has 0 saturated carbocycles. The molecular weight excluding hydrogens is 442 g/mol. The van der Waals surface area contributed by atoms with Gasteiger partial charge in [-0.05, 0) is 73.1 Å². The first kappa shape index (κ1) is 21.9. The number of sulfonamides is 1. The molecule has 0 bridgehead atoms. The minimum Gasteiger partial charge on any atom is -0.465 e. The van der Waals surface area contributed by atoms with Crippen molar-refractivity contribution in [1.82, 2.24) is 9.62 Å². The second-order valence-corrected chi connectivity index (χ2v) is 10.6. The number of piperidine rings is 1. The van der Waals surface area contributed by atoms with Gasteiger partial charge in [0.1, 0.15) is 5.76 Å². The van der Waals surface area contributed by atoms with Crippen molar-refractivity contribution in [2.75, 3.05) is 31.1 Å². The van der Waals surface area contributed by atoms with Crippen molar-refractivity contribution < 1.29 is 22.4 Å². The van der Waals surface area contributed by atoms with Gasteiger partial charge in [0.25, 0.3) is 0 Å². The summed E-state index contributed by atoms with van der Waals surface area (Å²) in [7, 11) is -3.64. The summed E-state index contributed by atoms with van der Waals surface area (Å²) in [6, 6.07) is 6.99. The number of likely N-dealkylation sites (tertiary alicyclic amines) is 1. The zero-order chi connectivity index (χ0) is 23.0. The van der Waals surface area contributed by atoms with Gasteiger partial charge in [-0.1, -0.05) is 0 Å². The number of carbonyl (C=O) groups is 2. The summed E-state index contributed by atoms with van der Waals surface area (Å²) in [6.45, 7) is 2.18. The van der Waals surface area contributed by atoms with Crippen LogP contribution in [-0.2, 0) is 32.5 Å².